The fourth-order valence-corrected chi connectivity index (χ4v) is 5.05. The molecule has 0 aromatic carbocycles. The number of hydrogen-bond acceptors (Lipinski definition) is 5. The predicted molar refractivity (Wildman–Crippen MR) is 150 cm³/mol. The number of carbonyl (C=O) groups is 2. The molecule has 1 unspecified atom stereocenters. The molecule has 1 fully saturated rings. The molecule has 2 heterocycles. The minimum Gasteiger partial charge on any atom is -0.387 e. The SMILES string of the molecule is CCCC(CCN(CC)CC1=CCNC=C1)C(=O)N1CCC(N(C=O)C/C=C(Cl)\C(Cl)=C/CN)CC1. The van der Waals surface area contributed by atoms with Crippen molar-refractivity contribution < 1.29 is 9.59 Å². The van der Waals surface area contributed by atoms with Crippen LogP contribution in [0.3, 0.4) is 0 Å². The lowest BCUT2D eigenvalue weighted by molar-refractivity contribution is -0.138. The molecule has 0 saturated carbocycles. The lowest BCUT2D eigenvalue weighted by Crippen LogP contribution is -2.48. The van der Waals surface area contributed by atoms with Crippen LogP contribution in [0.4, 0.5) is 0 Å². The van der Waals surface area contributed by atoms with Crippen LogP contribution in [0.1, 0.15) is 46.0 Å². The summed E-state index contributed by atoms with van der Waals surface area (Å²) in [6.45, 7) is 10.0. The summed E-state index contributed by atoms with van der Waals surface area (Å²) < 4.78 is 0. The van der Waals surface area contributed by atoms with Crippen LogP contribution in [0, 0.1) is 5.92 Å². The van der Waals surface area contributed by atoms with Crippen molar-refractivity contribution in [2.45, 2.75) is 52.0 Å². The molecule has 1 saturated heterocycles. The van der Waals surface area contributed by atoms with Crippen LogP contribution in [-0.4, -0.2) is 85.4 Å². The van der Waals surface area contributed by atoms with Gasteiger partial charge in [0.05, 0.1) is 10.1 Å². The molecule has 3 N–H and O–H groups in total. The van der Waals surface area contributed by atoms with E-state index < -0.39 is 0 Å². The third-order valence-electron chi connectivity index (χ3n) is 6.92. The smallest absolute Gasteiger partial charge is 0.225 e. The molecular formula is C27H43Cl2N5O2. The fourth-order valence-electron chi connectivity index (χ4n) is 4.73. The van der Waals surface area contributed by atoms with Crippen molar-refractivity contribution in [3.8, 4) is 0 Å². The van der Waals surface area contributed by atoms with Gasteiger partial charge in [-0.3, -0.25) is 14.5 Å². The summed E-state index contributed by atoms with van der Waals surface area (Å²) in [7, 11) is 0. The zero-order valence-electron chi connectivity index (χ0n) is 21.8. The number of amides is 2. The Hall–Kier alpha value is -1.80. The summed E-state index contributed by atoms with van der Waals surface area (Å²) in [6, 6.07) is 0.0797. The van der Waals surface area contributed by atoms with E-state index in [-0.39, 0.29) is 17.9 Å². The molecule has 0 bridgehead atoms. The van der Waals surface area contributed by atoms with Gasteiger partial charge in [0.25, 0.3) is 0 Å². The van der Waals surface area contributed by atoms with E-state index in [1.54, 1.807) is 17.1 Å². The van der Waals surface area contributed by atoms with E-state index in [1.807, 2.05) is 11.1 Å². The highest BCUT2D eigenvalue weighted by Gasteiger charge is 2.30. The third-order valence-corrected chi connectivity index (χ3v) is 7.73. The normalized spacial score (nSPS) is 18.2. The molecule has 36 heavy (non-hydrogen) atoms. The number of rotatable bonds is 15. The Kier molecular flexibility index (Phi) is 14.2. The molecule has 0 radical (unpaired) electrons. The van der Waals surface area contributed by atoms with Crippen LogP contribution in [-0.2, 0) is 9.59 Å². The third kappa shape index (κ3) is 9.92. The topological polar surface area (TPSA) is 81.9 Å². The summed E-state index contributed by atoms with van der Waals surface area (Å²) in [6.07, 6.45) is 14.9. The van der Waals surface area contributed by atoms with E-state index >= 15 is 0 Å². The van der Waals surface area contributed by atoms with Gasteiger partial charge in [-0.15, -0.1) is 0 Å². The maximum Gasteiger partial charge on any atom is 0.225 e. The number of carbonyl (C=O) groups excluding carboxylic acids is 2. The molecule has 2 rings (SSSR count). The van der Waals surface area contributed by atoms with Crippen LogP contribution in [0.2, 0.25) is 0 Å². The second-order valence-corrected chi connectivity index (χ2v) is 10.2. The highest BCUT2D eigenvalue weighted by molar-refractivity contribution is 6.43. The van der Waals surface area contributed by atoms with Crippen molar-refractivity contribution in [3.63, 3.8) is 0 Å². The van der Waals surface area contributed by atoms with Gasteiger partial charge in [0.1, 0.15) is 0 Å². The monoisotopic (exact) mass is 539 g/mol. The van der Waals surface area contributed by atoms with Crippen molar-refractivity contribution in [2.24, 2.45) is 11.7 Å². The molecule has 0 aromatic heterocycles. The van der Waals surface area contributed by atoms with Crippen molar-refractivity contribution in [2.75, 3.05) is 52.4 Å². The number of piperidine rings is 1. The molecule has 7 nitrogen and oxygen atoms in total. The Bertz CT molecular complexity index is 819. The number of nitrogens with one attached hydrogen (secondary N) is 1. The first kappa shape index (κ1) is 30.4. The quantitative estimate of drug-likeness (QED) is 0.244. The predicted octanol–water partition coefficient (Wildman–Crippen LogP) is 3.81. The van der Waals surface area contributed by atoms with Gasteiger partial charge < -0.3 is 20.9 Å². The van der Waals surface area contributed by atoms with Crippen LogP contribution in [0.5, 0.6) is 0 Å². The number of hydrogen-bond donors (Lipinski definition) is 2. The summed E-state index contributed by atoms with van der Waals surface area (Å²) in [5.74, 6) is 0.296. The first-order valence-corrected chi connectivity index (χ1v) is 13.9. The fraction of sp³-hybridized carbons (Fsp3) is 0.630. The molecule has 202 valence electrons. The number of dihydropyridines is 1. The Balaban J connectivity index is 1.88. The second kappa shape index (κ2) is 16.8. The number of likely N-dealkylation sites (N-methyl/N-ethyl adjacent to an activating group) is 1. The number of nitrogens with zero attached hydrogens (tertiary/aromatic N) is 3. The Morgan fingerprint density at radius 1 is 1.22 bits per heavy atom. The first-order chi connectivity index (χ1) is 17.4. The second-order valence-electron chi connectivity index (χ2n) is 9.36. The number of allylic oxidation sites excluding steroid dienone is 2. The van der Waals surface area contributed by atoms with Gasteiger partial charge in [-0.1, -0.05) is 55.6 Å². The molecule has 2 amide bonds. The molecule has 0 spiro atoms. The van der Waals surface area contributed by atoms with E-state index in [1.165, 1.54) is 5.57 Å². The van der Waals surface area contributed by atoms with Crippen LogP contribution < -0.4 is 11.1 Å². The van der Waals surface area contributed by atoms with Crippen molar-refractivity contribution >= 4 is 35.5 Å². The Labute approximate surface area is 227 Å². The van der Waals surface area contributed by atoms with Crippen molar-refractivity contribution in [3.05, 3.63) is 46.1 Å². The Morgan fingerprint density at radius 3 is 2.53 bits per heavy atom. The van der Waals surface area contributed by atoms with Crippen molar-refractivity contribution in [1.29, 1.82) is 0 Å². The van der Waals surface area contributed by atoms with E-state index in [0.29, 0.717) is 36.2 Å². The number of nitrogens with two attached hydrogens (primary N) is 1. The standard InChI is InChI=1S/C27H43Cl2N5O2/c1-3-5-23(9-16-32(4-2)20-22-7-14-31-15-8-22)27(36)33-17-10-24(11-18-33)34(21-35)19-12-26(29)25(28)6-13-30/h6-8,12,14,21,23-24,31H,3-5,9-11,13,15-20,30H2,1-2H3/b25-6+,26-12+. The van der Waals surface area contributed by atoms with Gasteiger partial charge in [0, 0.05) is 51.2 Å². The maximum atomic E-state index is 13.4. The molecular weight excluding hydrogens is 497 g/mol. The summed E-state index contributed by atoms with van der Waals surface area (Å²) in [5, 5.41) is 3.96. The first-order valence-electron chi connectivity index (χ1n) is 13.2. The van der Waals surface area contributed by atoms with E-state index in [4.69, 9.17) is 28.9 Å². The highest BCUT2D eigenvalue weighted by atomic mass is 35.5. The number of likely N-dealkylation sites (tertiary alicyclic amines) is 1. The number of halogens is 2. The Morgan fingerprint density at radius 2 is 1.94 bits per heavy atom. The molecule has 0 aromatic rings. The van der Waals surface area contributed by atoms with Gasteiger partial charge in [0.2, 0.25) is 12.3 Å². The maximum absolute atomic E-state index is 13.4. The van der Waals surface area contributed by atoms with Gasteiger partial charge >= 0.3 is 0 Å². The lowest BCUT2D eigenvalue weighted by Gasteiger charge is -2.38. The minimum atomic E-state index is 0.0403. The van der Waals surface area contributed by atoms with Gasteiger partial charge in [0.15, 0.2) is 0 Å². The van der Waals surface area contributed by atoms with E-state index in [2.05, 4.69) is 36.2 Å². The minimum absolute atomic E-state index is 0.0403. The zero-order chi connectivity index (χ0) is 26.3. The van der Waals surface area contributed by atoms with E-state index in [9.17, 15) is 9.59 Å². The van der Waals surface area contributed by atoms with Crippen LogP contribution in [0.25, 0.3) is 0 Å². The van der Waals surface area contributed by atoms with Gasteiger partial charge in [-0.25, -0.2) is 0 Å². The largest absolute Gasteiger partial charge is 0.387 e. The zero-order valence-corrected chi connectivity index (χ0v) is 23.3. The summed E-state index contributed by atoms with van der Waals surface area (Å²) in [5.41, 5.74) is 6.79. The van der Waals surface area contributed by atoms with Crippen LogP contribution >= 0.6 is 23.2 Å². The summed E-state index contributed by atoms with van der Waals surface area (Å²) >= 11 is 12.3. The van der Waals surface area contributed by atoms with Crippen molar-refractivity contribution in [1.82, 2.24) is 20.0 Å². The van der Waals surface area contributed by atoms with E-state index in [0.717, 1.165) is 64.7 Å². The van der Waals surface area contributed by atoms with Gasteiger partial charge in [-0.2, -0.15) is 0 Å². The molecule has 0 aliphatic carbocycles. The molecule has 9 heteroatoms. The lowest BCUT2D eigenvalue weighted by atomic mass is 9.95. The summed E-state index contributed by atoms with van der Waals surface area (Å²) in [4.78, 5) is 31.3. The van der Waals surface area contributed by atoms with Crippen LogP contribution in [0.15, 0.2) is 46.1 Å². The molecule has 1 atom stereocenters. The van der Waals surface area contributed by atoms with Gasteiger partial charge in [-0.05, 0) is 62.7 Å². The average Bonchev–Trinajstić information content (AvgIpc) is 2.91. The highest BCUT2D eigenvalue weighted by Crippen LogP contribution is 2.23. The average molecular weight is 541 g/mol. The molecule has 2 aliphatic rings. The molecule has 2 aliphatic heterocycles.